The zero-order valence-electron chi connectivity index (χ0n) is 27.5. The molecular formula is C46H28N4. The smallest absolute Gasteiger partial charge is 0.101 e. The molecule has 50 heavy (non-hydrogen) atoms. The average Bonchev–Trinajstić information content (AvgIpc) is 3.65. The van der Waals surface area contributed by atoms with Crippen molar-refractivity contribution in [2.24, 2.45) is 0 Å². The van der Waals surface area contributed by atoms with Crippen molar-refractivity contribution in [2.45, 2.75) is 13.8 Å². The SMILES string of the molecule is Cc1ccc2c(c1)c1cc(C)ccc1n2-c1cc2c3ccccc3c3cc(C#N)c(C#N)cc3c2cc1-n1c2ccccc2c2ccccc21. The maximum Gasteiger partial charge on any atom is 0.101 e. The first-order valence-corrected chi connectivity index (χ1v) is 16.8. The topological polar surface area (TPSA) is 57.4 Å². The number of hydrogen-bond acceptors (Lipinski definition) is 2. The Kier molecular flexibility index (Phi) is 5.81. The van der Waals surface area contributed by atoms with E-state index in [-0.39, 0.29) is 0 Å². The number of aromatic nitrogens is 2. The summed E-state index contributed by atoms with van der Waals surface area (Å²) in [5.74, 6) is 0. The zero-order chi connectivity index (χ0) is 33.7. The third kappa shape index (κ3) is 3.79. The molecule has 0 aliphatic heterocycles. The highest BCUT2D eigenvalue weighted by Crippen LogP contribution is 2.44. The van der Waals surface area contributed by atoms with Crippen LogP contribution in [0.25, 0.3) is 87.3 Å². The third-order valence-corrected chi connectivity index (χ3v) is 10.4. The normalized spacial score (nSPS) is 11.8. The van der Waals surface area contributed by atoms with Gasteiger partial charge in [-0.2, -0.15) is 10.5 Å². The minimum Gasteiger partial charge on any atom is -0.307 e. The molecule has 0 amide bonds. The van der Waals surface area contributed by atoms with Crippen LogP contribution in [0.15, 0.2) is 133 Å². The van der Waals surface area contributed by atoms with Crippen LogP contribution >= 0.6 is 0 Å². The van der Waals surface area contributed by atoms with Crippen molar-refractivity contribution < 1.29 is 0 Å². The predicted molar refractivity (Wildman–Crippen MR) is 207 cm³/mol. The molecule has 4 heteroatoms. The van der Waals surface area contributed by atoms with Gasteiger partial charge in [0.2, 0.25) is 0 Å². The van der Waals surface area contributed by atoms with Gasteiger partial charge in [0.15, 0.2) is 0 Å². The lowest BCUT2D eigenvalue weighted by Gasteiger charge is -2.20. The number of nitriles is 2. The number of benzene rings is 8. The van der Waals surface area contributed by atoms with E-state index in [9.17, 15) is 10.5 Å². The number of aryl methyl sites for hydroxylation is 2. The van der Waals surface area contributed by atoms with Gasteiger partial charge < -0.3 is 9.13 Å². The molecule has 0 spiro atoms. The Bertz CT molecular complexity index is 3080. The van der Waals surface area contributed by atoms with Crippen molar-refractivity contribution in [2.75, 3.05) is 0 Å². The van der Waals surface area contributed by atoms with Crippen LogP contribution in [0.3, 0.4) is 0 Å². The maximum absolute atomic E-state index is 10.1. The molecule has 10 aromatic rings. The minimum atomic E-state index is 0.382. The summed E-state index contributed by atoms with van der Waals surface area (Å²) in [5, 5.41) is 31.2. The standard InChI is InChI=1S/C46H28N4/c1-27-15-17-43-39(19-27)40-20-28(2)16-18-44(40)50(43)45-23-37-32-10-4-3-9-31(32)35-21-29(25-47)30(26-48)22-36(35)38(37)24-46(45)49-41-13-7-5-11-33(41)34-12-6-8-14-42(34)49/h3-24H,1-2H3. The van der Waals surface area contributed by atoms with Crippen LogP contribution in [0.5, 0.6) is 0 Å². The van der Waals surface area contributed by atoms with E-state index in [1.807, 2.05) is 18.2 Å². The van der Waals surface area contributed by atoms with E-state index in [2.05, 4.69) is 150 Å². The van der Waals surface area contributed by atoms with Gasteiger partial charge >= 0.3 is 0 Å². The summed E-state index contributed by atoms with van der Waals surface area (Å²) >= 11 is 0. The Hall–Kier alpha value is -6.88. The van der Waals surface area contributed by atoms with E-state index >= 15 is 0 Å². The van der Waals surface area contributed by atoms with Crippen molar-refractivity contribution >= 4 is 75.9 Å². The molecule has 0 atom stereocenters. The second-order valence-electron chi connectivity index (χ2n) is 13.3. The van der Waals surface area contributed by atoms with Crippen LogP contribution in [0.2, 0.25) is 0 Å². The van der Waals surface area contributed by atoms with Crippen molar-refractivity contribution in [3.05, 3.63) is 156 Å². The molecule has 0 N–H and O–H groups in total. The predicted octanol–water partition coefficient (Wildman–Crippen LogP) is 11.7. The summed E-state index contributed by atoms with van der Waals surface area (Å²) in [5.41, 5.74) is 9.86. The lowest BCUT2D eigenvalue weighted by molar-refractivity contribution is 1.10. The van der Waals surface area contributed by atoms with Crippen LogP contribution in [0.1, 0.15) is 22.3 Å². The molecule has 10 rings (SSSR count). The van der Waals surface area contributed by atoms with E-state index in [0.29, 0.717) is 11.1 Å². The average molecular weight is 637 g/mol. The number of para-hydroxylation sites is 2. The molecule has 0 unspecified atom stereocenters. The van der Waals surface area contributed by atoms with Crippen molar-refractivity contribution in [1.82, 2.24) is 9.13 Å². The number of rotatable bonds is 2. The van der Waals surface area contributed by atoms with E-state index in [1.54, 1.807) is 0 Å². The van der Waals surface area contributed by atoms with Gasteiger partial charge in [0.1, 0.15) is 12.1 Å². The highest BCUT2D eigenvalue weighted by Gasteiger charge is 2.22. The van der Waals surface area contributed by atoms with Crippen molar-refractivity contribution in [3.63, 3.8) is 0 Å². The molecule has 0 saturated carbocycles. The van der Waals surface area contributed by atoms with Crippen LogP contribution in [-0.4, -0.2) is 9.13 Å². The molecule has 2 heterocycles. The second-order valence-corrected chi connectivity index (χ2v) is 13.3. The van der Waals surface area contributed by atoms with Gasteiger partial charge in [0.05, 0.1) is 44.6 Å². The second kappa shape index (κ2) is 10.3. The van der Waals surface area contributed by atoms with Crippen LogP contribution in [-0.2, 0) is 0 Å². The van der Waals surface area contributed by atoms with E-state index in [0.717, 1.165) is 65.8 Å². The molecule has 0 aliphatic rings. The lowest BCUT2D eigenvalue weighted by atomic mass is 9.91. The number of nitrogens with zero attached hydrogens (tertiary/aromatic N) is 4. The summed E-state index contributed by atoms with van der Waals surface area (Å²) < 4.78 is 4.83. The van der Waals surface area contributed by atoms with Crippen LogP contribution in [0, 0.1) is 36.5 Å². The molecule has 232 valence electrons. The van der Waals surface area contributed by atoms with Crippen molar-refractivity contribution in [3.8, 4) is 23.5 Å². The first-order valence-electron chi connectivity index (χ1n) is 16.8. The minimum absolute atomic E-state index is 0.382. The largest absolute Gasteiger partial charge is 0.307 e. The van der Waals surface area contributed by atoms with E-state index < -0.39 is 0 Å². The highest BCUT2D eigenvalue weighted by atomic mass is 15.1. The first kappa shape index (κ1) is 28.2. The quantitative estimate of drug-likeness (QED) is 0.177. The maximum atomic E-state index is 10.1. The Morgan fingerprint density at radius 2 is 0.720 bits per heavy atom. The Balaban J connectivity index is 1.48. The zero-order valence-corrected chi connectivity index (χ0v) is 27.5. The summed E-state index contributed by atoms with van der Waals surface area (Å²) in [6.07, 6.45) is 0. The fourth-order valence-corrected chi connectivity index (χ4v) is 8.26. The Morgan fingerprint density at radius 1 is 0.360 bits per heavy atom. The lowest BCUT2D eigenvalue weighted by Crippen LogP contribution is -2.04. The van der Waals surface area contributed by atoms with Crippen LogP contribution in [0.4, 0.5) is 0 Å². The van der Waals surface area contributed by atoms with E-state index in [4.69, 9.17) is 0 Å². The molecule has 0 radical (unpaired) electrons. The molecule has 2 aromatic heterocycles. The van der Waals surface area contributed by atoms with Gasteiger partial charge in [-0.3, -0.25) is 0 Å². The molecule has 8 aromatic carbocycles. The summed E-state index contributed by atoms with van der Waals surface area (Å²) in [4.78, 5) is 0. The van der Waals surface area contributed by atoms with Gasteiger partial charge in [-0.1, -0.05) is 83.9 Å². The number of hydrogen-bond donors (Lipinski definition) is 0. The van der Waals surface area contributed by atoms with Crippen LogP contribution < -0.4 is 0 Å². The highest BCUT2D eigenvalue weighted by molar-refractivity contribution is 6.27. The summed E-state index contributed by atoms with van der Waals surface area (Å²) in [7, 11) is 0. The van der Waals surface area contributed by atoms with Gasteiger partial charge in [0.25, 0.3) is 0 Å². The molecular weight excluding hydrogens is 609 g/mol. The number of fused-ring (bicyclic) bond motifs is 12. The Morgan fingerprint density at radius 3 is 1.18 bits per heavy atom. The molecule has 4 nitrogen and oxygen atoms in total. The van der Waals surface area contributed by atoms with E-state index in [1.165, 1.54) is 32.7 Å². The monoisotopic (exact) mass is 636 g/mol. The first-order chi connectivity index (χ1) is 24.5. The van der Waals surface area contributed by atoms with Gasteiger partial charge in [-0.15, -0.1) is 0 Å². The molecule has 0 fully saturated rings. The summed E-state index contributed by atoms with van der Waals surface area (Å²) in [6.45, 7) is 4.31. The van der Waals surface area contributed by atoms with Gasteiger partial charge in [-0.25, -0.2) is 0 Å². The van der Waals surface area contributed by atoms with Gasteiger partial charge in [-0.05, 0) is 107 Å². The summed E-state index contributed by atoms with van der Waals surface area (Å²) in [6, 6.07) is 52.2. The fraction of sp³-hybridized carbons (Fsp3) is 0.0435. The molecule has 0 aliphatic carbocycles. The molecule has 0 saturated heterocycles. The Labute approximate surface area is 287 Å². The molecule has 0 bridgehead atoms. The van der Waals surface area contributed by atoms with Crippen molar-refractivity contribution in [1.29, 1.82) is 10.5 Å². The third-order valence-electron chi connectivity index (χ3n) is 10.4. The fourth-order valence-electron chi connectivity index (χ4n) is 8.26. The van der Waals surface area contributed by atoms with Gasteiger partial charge in [0, 0.05) is 21.5 Å².